The Morgan fingerprint density at radius 1 is 1.45 bits per heavy atom. The lowest BCUT2D eigenvalue weighted by Crippen LogP contribution is -2.11. The maximum Gasteiger partial charge on any atom is 0.357 e. The van der Waals surface area contributed by atoms with Crippen molar-refractivity contribution in [1.82, 2.24) is 4.57 Å². The number of nitrogens with two attached hydrogens (primary N) is 1. The molecule has 0 aliphatic heterocycles. The highest BCUT2D eigenvalue weighted by Crippen LogP contribution is 2.29. The molecule has 22 heavy (non-hydrogen) atoms. The number of nitriles is 1. The second-order valence-corrected chi connectivity index (χ2v) is 5.29. The lowest BCUT2D eigenvalue weighted by Gasteiger charge is -2.10. The number of aliphatic hydroxyl groups is 1. The van der Waals surface area contributed by atoms with E-state index >= 15 is 0 Å². The van der Waals surface area contributed by atoms with Crippen LogP contribution in [0.25, 0.3) is 5.69 Å². The van der Waals surface area contributed by atoms with Crippen LogP contribution in [0.3, 0.4) is 0 Å². The van der Waals surface area contributed by atoms with Crippen LogP contribution < -0.4 is 5.73 Å². The van der Waals surface area contributed by atoms with Crippen LogP contribution >= 0.6 is 0 Å². The molecule has 0 saturated heterocycles. The largest absolute Gasteiger partial charge is 0.464 e. The number of carbonyl (C=O) groups excluding carboxylic acids is 1. The maximum absolute atomic E-state index is 12.0. The summed E-state index contributed by atoms with van der Waals surface area (Å²) >= 11 is 0. The molecule has 112 valence electrons. The summed E-state index contributed by atoms with van der Waals surface area (Å²) in [6.45, 7) is 0. The van der Waals surface area contributed by atoms with E-state index in [-0.39, 0.29) is 23.0 Å². The van der Waals surface area contributed by atoms with Gasteiger partial charge in [-0.2, -0.15) is 5.26 Å². The topological polar surface area (TPSA) is 101 Å². The van der Waals surface area contributed by atoms with Gasteiger partial charge in [0.1, 0.15) is 6.07 Å². The van der Waals surface area contributed by atoms with E-state index in [0.29, 0.717) is 18.5 Å². The second kappa shape index (κ2) is 5.20. The van der Waals surface area contributed by atoms with Crippen molar-refractivity contribution in [3.05, 3.63) is 46.8 Å². The van der Waals surface area contributed by atoms with E-state index in [4.69, 9.17) is 15.7 Å². The van der Waals surface area contributed by atoms with Crippen LogP contribution in [0.2, 0.25) is 0 Å². The number of nitrogens with zero attached hydrogens (tertiary/aromatic N) is 2. The van der Waals surface area contributed by atoms with Gasteiger partial charge in [-0.05, 0) is 36.1 Å². The molecule has 1 atom stereocenters. The summed E-state index contributed by atoms with van der Waals surface area (Å²) in [6, 6.07) is 7.63. The summed E-state index contributed by atoms with van der Waals surface area (Å²) < 4.78 is 6.32. The van der Waals surface area contributed by atoms with Crippen molar-refractivity contribution in [1.29, 1.82) is 5.26 Å². The van der Waals surface area contributed by atoms with E-state index in [1.54, 1.807) is 4.57 Å². The van der Waals surface area contributed by atoms with E-state index < -0.39 is 5.97 Å². The molecule has 1 aliphatic rings. The molecule has 6 heteroatoms. The molecule has 3 rings (SSSR count). The van der Waals surface area contributed by atoms with Crippen molar-refractivity contribution in [3.63, 3.8) is 0 Å². The molecule has 0 radical (unpaired) electrons. The molecule has 1 unspecified atom stereocenters. The number of esters is 1. The Kier molecular flexibility index (Phi) is 3.35. The molecule has 2 aromatic rings. The number of fused-ring (bicyclic) bond motifs is 1. The zero-order valence-corrected chi connectivity index (χ0v) is 12.0. The third-order valence-electron chi connectivity index (χ3n) is 3.92. The molecule has 0 spiro atoms. The van der Waals surface area contributed by atoms with E-state index in [1.165, 1.54) is 13.3 Å². The van der Waals surface area contributed by atoms with Gasteiger partial charge in [0.25, 0.3) is 0 Å². The van der Waals surface area contributed by atoms with Gasteiger partial charge >= 0.3 is 5.97 Å². The summed E-state index contributed by atoms with van der Waals surface area (Å²) in [5, 5.41) is 18.9. The molecule has 1 aromatic carbocycles. The number of anilines is 1. The van der Waals surface area contributed by atoms with Crippen LogP contribution in [0.1, 0.15) is 27.2 Å². The molecule has 1 aliphatic carbocycles. The van der Waals surface area contributed by atoms with Gasteiger partial charge in [-0.3, -0.25) is 0 Å². The van der Waals surface area contributed by atoms with Crippen molar-refractivity contribution < 1.29 is 14.6 Å². The molecule has 0 saturated carbocycles. The average Bonchev–Trinajstić information content (AvgIpc) is 3.04. The summed E-state index contributed by atoms with van der Waals surface area (Å²) in [7, 11) is 1.27. The number of hydrogen-bond donors (Lipinski definition) is 2. The first-order valence-corrected chi connectivity index (χ1v) is 6.84. The van der Waals surface area contributed by atoms with E-state index in [1.807, 2.05) is 24.3 Å². The Morgan fingerprint density at radius 2 is 2.18 bits per heavy atom. The highest BCUT2D eigenvalue weighted by Gasteiger charge is 2.24. The molecule has 0 bridgehead atoms. The number of ether oxygens (including phenoxy) is 1. The average molecular weight is 297 g/mol. The molecule has 0 amide bonds. The van der Waals surface area contributed by atoms with Crippen molar-refractivity contribution in [2.45, 2.75) is 18.9 Å². The Bertz CT molecular complexity index is 802. The number of rotatable bonds is 2. The first kappa shape index (κ1) is 14.2. The van der Waals surface area contributed by atoms with Gasteiger partial charge in [-0.1, -0.05) is 6.07 Å². The van der Waals surface area contributed by atoms with Crippen molar-refractivity contribution in [2.24, 2.45) is 0 Å². The quantitative estimate of drug-likeness (QED) is 0.810. The Morgan fingerprint density at radius 3 is 2.86 bits per heavy atom. The van der Waals surface area contributed by atoms with Gasteiger partial charge in [0.05, 0.1) is 24.5 Å². The minimum atomic E-state index is -0.598. The molecule has 0 fully saturated rings. The molecule has 6 nitrogen and oxygen atoms in total. The van der Waals surface area contributed by atoms with Crippen LogP contribution in [0.15, 0.2) is 24.4 Å². The number of carbonyl (C=O) groups is 1. The number of nitrogen functional groups attached to an aromatic ring is 1. The van der Waals surface area contributed by atoms with Crippen LogP contribution in [-0.4, -0.2) is 28.9 Å². The predicted molar refractivity (Wildman–Crippen MR) is 79.7 cm³/mol. The third-order valence-corrected chi connectivity index (χ3v) is 3.92. The standard InChI is InChI=1S/C16H15N3O3/c1-22-16(21)15-14(18)11(7-17)8-19(15)12-3-2-9-5-13(20)6-10(9)4-12/h2-4,8,13,20H,5-6,18H2,1H3. The SMILES string of the molecule is COC(=O)c1c(N)c(C#N)cn1-c1ccc2c(c1)CC(O)C2. The minimum Gasteiger partial charge on any atom is -0.464 e. The van der Waals surface area contributed by atoms with Gasteiger partial charge in [0, 0.05) is 11.9 Å². The van der Waals surface area contributed by atoms with E-state index in [2.05, 4.69) is 0 Å². The predicted octanol–water partition coefficient (Wildman–Crippen LogP) is 1.18. The molecule has 1 heterocycles. The minimum absolute atomic E-state index is 0.106. The van der Waals surface area contributed by atoms with Crippen molar-refractivity contribution in [3.8, 4) is 11.8 Å². The monoisotopic (exact) mass is 297 g/mol. The maximum atomic E-state index is 12.0. The Labute approximate surface area is 127 Å². The number of hydrogen-bond acceptors (Lipinski definition) is 5. The van der Waals surface area contributed by atoms with Crippen LogP contribution in [0, 0.1) is 11.3 Å². The lowest BCUT2D eigenvalue weighted by atomic mass is 10.1. The molecule has 1 aromatic heterocycles. The van der Waals surface area contributed by atoms with Crippen molar-refractivity contribution >= 4 is 11.7 Å². The van der Waals surface area contributed by atoms with E-state index in [0.717, 1.165) is 11.1 Å². The smallest absolute Gasteiger partial charge is 0.357 e. The van der Waals surface area contributed by atoms with Gasteiger partial charge in [0.2, 0.25) is 0 Å². The van der Waals surface area contributed by atoms with Crippen LogP contribution in [-0.2, 0) is 17.6 Å². The highest BCUT2D eigenvalue weighted by atomic mass is 16.5. The van der Waals surface area contributed by atoms with Gasteiger partial charge in [-0.25, -0.2) is 4.79 Å². The molecular formula is C16H15N3O3. The number of aromatic nitrogens is 1. The zero-order chi connectivity index (χ0) is 15.9. The van der Waals surface area contributed by atoms with Gasteiger partial charge in [-0.15, -0.1) is 0 Å². The summed E-state index contributed by atoms with van der Waals surface area (Å²) in [5.74, 6) is -0.598. The lowest BCUT2D eigenvalue weighted by molar-refractivity contribution is 0.0593. The normalized spacial score (nSPS) is 16.1. The zero-order valence-electron chi connectivity index (χ0n) is 12.0. The number of aliphatic hydroxyl groups excluding tert-OH is 1. The van der Waals surface area contributed by atoms with Gasteiger partial charge in [0.15, 0.2) is 5.69 Å². The van der Waals surface area contributed by atoms with E-state index in [9.17, 15) is 9.90 Å². The fourth-order valence-corrected chi connectivity index (χ4v) is 2.85. The first-order chi connectivity index (χ1) is 10.5. The van der Waals surface area contributed by atoms with Crippen LogP contribution in [0.5, 0.6) is 0 Å². The fourth-order valence-electron chi connectivity index (χ4n) is 2.85. The van der Waals surface area contributed by atoms with Crippen molar-refractivity contribution in [2.75, 3.05) is 12.8 Å². The molecular weight excluding hydrogens is 282 g/mol. The number of benzene rings is 1. The molecule has 3 N–H and O–H groups in total. The fraction of sp³-hybridized carbons (Fsp3) is 0.250. The summed E-state index contributed by atoms with van der Waals surface area (Å²) in [4.78, 5) is 12.0. The summed E-state index contributed by atoms with van der Waals surface area (Å²) in [5.41, 5.74) is 9.18. The number of methoxy groups -OCH3 is 1. The highest BCUT2D eigenvalue weighted by molar-refractivity contribution is 5.95. The van der Waals surface area contributed by atoms with Gasteiger partial charge < -0.3 is 20.1 Å². The second-order valence-electron chi connectivity index (χ2n) is 5.29. The summed E-state index contributed by atoms with van der Waals surface area (Å²) in [6.07, 6.45) is 2.37. The Balaban J connectivity index is 2.15. The van der Waals surface area contributed by atoms with Crippen LogP contribution in [0.4, 0.5) is 5.69 Å². The first-order valence-electron chi connectivity index (χ1n) is 6.84. The Hall–Kier alpha value is -2.78. The third kappa shape index (κ3) is 2.12.